The lowest BCUT2D eigenvalue weighted by atomic mass is 9.98. The number of hydrogen-bond donors (Lipinski definition) is 2. The highest BCUT2D eigenvalue weighted by molar-refractivity contribution is 5.97. The Morgan fingerprint density at radius 2 is 2.00 bits per heavy atom. The average molecular weight is 366 g/mol. The van der Waals surface area contributed by atoms with Crippen LogP contribution >= 0.6 is 0 Å². The van der Waals surface area contributed by atoms with Crippen molar-refractivity contribution >= 4 is 16.8 Å². The highest BCUT2D eigenvalue weighted by Gasteiger charge is 2.47. The van der Waals surface area contributed by atoms with Gasteiger partial charge in [-0.25, -0.2) is 9.37 Å². The largest absolute Gasteiger partial charge is 0.497 e. The van der Waals surface area contributed by atoms with Crippen molar-refractivity contribution in [1.29, 1.82) is 0 Å². The molecule has 0 spiro atoms. The van der Waals surface area contributed by atoms with Crippen LogP contribution in [0.15, 0.2) is 42.5 Å². The van der Waals surface area contributed by atoms with Crippen molar-refractivity contribution in [1.82, 2.24) is 10.3 Å². The summed E-state index contributed by atoms with van der Waals surface area (Å²) in [6.07, 6.45) is 1.47. The normalized spacial score (nSPS) is 14.8. The first-order chi connectivity index (χ1) is 12.9. The summed E-state index contributed by atoms with van der Waals surface area (Å²) in [6, 6.07) is 11.2. The van der Waals surface area contributed by atoms with Gasteiger partial charge in [-0.05, 0) is 55.2 Å². The lowest BCUT2D eigenvalue weighted by Gasteiger charge is -2.21. The van der Waals surface area contributed by atoms with Crippen LogP contribution in [0.5, 0.6) is 11.6 Å². The Hall–Kier alpha value is -3.15. The number of nitrogens with one attached hydrogen (secondary N) is 1. The zero-order chi connectivity index (χ0) is 19.2. The molecule has 0 aliphatic heterocycles. The number of hydrogen-bond acceptors (Lipinski definition) is 4. The van der Waals surface area contributed by atoms with E-state index in [-0.39, 0.29) is 11.8 Å². The standard InChI is InChI=1S/C21H19FN2O3/c1-12-3-5-14(27-2)10-16(12)20(26)24-21(7-8-21)17-11-19(25)23-18-9-13(22)4-6-15(17)18/h3-6,9-11H,7-8H2,1-2H3,(H,23,25)(H,24,26). The van der Waals surface area contributed by atoms with E-state index >= 15 is 0 Å². The van der Waals surface area contributed by atoms with Gasteiger partial charge in [-0.1, -0.05) is 6.07 Å². The summed E-state index contributed by atoms with van der Waals surface area (Å²) < 4.78 is 18.8. The summed E-state index contributed by atoms with van der Waals surface area (Å²) in [4.78, 5) is 16.9. The van der Waals surface area contributed by atoms with Crippen molar-refractivity contribution < 1.29 is 19.0 Å². The maximum atomic E-state index is 13.6. The van der Waals surface area contributed by atoms with E-state index in [9.17, 15) is 14.3 Å². The first kappa shape index (κ1) is 17.3. The van der Waals surface area contributed by atoms with Gasteiger partial charge in [-0.2, -0.15) is 0 Å². The van der Waals surface area contributed by atoms with E-state index in [1.54, 1.807) is 25.3 Å². The van der Waals surface area contributed by atoms with Crippen molar-refractivity contribution in [3.05, 3.63) is 65.0 Å². The predicted molar refractivity (Wildman–Crippen MR) is 99.5 cm³/mol. The number of aromatic nitrogens is 1. The molecular formula is C21H19FN2O3. The Balaban J connectivity index is 1.73. The Kier molecular flexibility index (Phi) is 3.98. The second-order valence-electron chi connectivity index (χ2n) is 6.91. The third-order valence-corrected chi connectivity index (χ3v) is 5.07. The molecule has 0 saturated heterocycles. The maximum absolute atomic E-state index is 13.6. The third kappa shape index (κ3) is 3.07. The molecule has 1 heterocycles. The Bertz CT molecular complexity index is 1060. The topological polar surface area (TPSA) is 71.5 Å². The fraction of sp³-hybridized carbons (Fsp3) is 0.238. The molecule has 1 fully saturated rings. The smallest absolute Gasteiger partial charge is 0.252 e. The molecule has 1 amide bonds. The van der Waals surface area contributed by atoms with E-state index in [2.05, 4.69) is 10.3 Å². The SMILES string of the molecule is COc1ccc(C)c(C(=O)NC2(c3cc(O)nc4cc(F)ccc34)CC2)c1. The van der Waals surface area contributed by atoms with Gasteiger partial charge in [-0.3, -0.25) is 4.79 Å². The highest BCUT2D eigenvalue weighted by atomic mass is 19.1. The second-order valence-corrected chi connectivity index (χ2v) is 6.91. The molecule has 1 aliphatic carbocycles. The Morgan fingerprint density at radius 3 is 2.70 bits per heavy atom. The fourth-order valence-corrected chi connectivity index (χ4v) is 3.43. The predicted octanol–water partition coefficient (Wildman–Crippen LogP) is 3.82. The third-order valence-electron chi connectivity index (χ3n) is 5.07. The molecular weight excluding hydrogens is 347 g/mol. The second kappa shape index (κ2) is 6.23. The van der Waals surface area contributed by atoms with Gasteiger partial charge in [0.1, 0.15) is 11.6 Å². The quantitative estimate of drug-likeness (QED) is 0.736. The van der Waals surface area contributed by atoms with E-state index in [0.29, 0.717) is 16.8 Å². The number of aromatic hydroxyl groups is 1. The fourth-order valence-electron chi connectivity index (χ4n) is 3.43. The number of halogens is 1. The number of aryl methyl sites for hydroxylation is 1. The van der Waals surface area contributed by atoms with Gasteiger partial charge >= 0.3 is 0 Å². The summed E-state index contributed by atoms with van der Waals surface area (Å²) in [5.41, 5.74) is 1.90. The summed E-state index contributed by atoms with van der Waals surface area (Å²) in [5.74, 6) is -0.220. The van der Waals surface area contributed by atoms with E-state index in [1.807, 2.05) is 19.1 Å². The van der Waals surface area contributed by atoms with E-state index in [0.717, 1.165) is 29.4 Å². The van der Waals surface area contributed by atoms with Gasteiger partial charge in [0.2, 0.25) is 5.88 Å². The number of fused-ring (bicyclic) bond motifs is 1. The van der Waals surface area contributed by atoms with Gasteiger partial charge in [0, 0.05) is 23.1 Å². The van der Waals surface area contributed by atoms with E-state index in [4.69, 9.17) is 4.74 Å². The Morgan fingerprint density at radius 1 is 1.22 bits per heavy atom. The van der Waals surface area contributed by atoms with Crippen LogP contribution in [0.4, 0.5) is 4.39 Å². The van der Waals surface area contributed by atoms with Gasteiger partial charge in [0.25, 0.3) is 5.91 Å². The molecule has 5 nitrogen and oxygen atoms in total. The molecule has 4 rings (SSSR count). The number of carbonyl (C=O) groups is 1. The monoisotopic (exact) mass is 366 g/mol. The number of carbonyl (C=O) groups excluding carboxylic acids is 1. The number of ether oxygens (including phenoxy) is 1. The number of benzene rings is 2. The highest BCUT2D eigenvalue weighted by Crippen LogP contribution is 2.48. The number of methoxy groups -OCH3 is 1. The summed E-state index contributed by atoms with van der Waals surface area (Å²) in [7, 11) is 1.56. The zero-order valence-corrected chi connectivity index (χ0v) is 15.0. The Labute approximate surface area is 155 Å². The molecule has 1 saturated carbocycles. The number of nitrogens with zero attached hydrogens (tertiary/aromatic N) is 1. The van der Waals surface area contributed by atoms with Crippen molar-refractivity contribution in [3.63, 3.8) is 0 Å². The molecule has 0 radical (unpaired) electrons. The lowest BCUT2D eigenvalue weighted by molar-refractivity contribution is 0.0930. The van der Waals surface area contributed by atoms with Crippen molar-refractivity contribution in [3.8, 4) is 11.6 Å². The number of pyridine rings is 1. The van der Waals surface area contributed by atoms with Crippen LogP contribution in [0, 0.1) is 12.7 Å². The van der Waals surface area contributed by atoms with Crippen LogP contribution in [-0.2, 0) is 5.54 Å². The zero-order valence-electron chi connectivity index (χ0n) is 15.0. The molecule has 0 unspecified atom stereocenters. The van der Waals surface area contributed by atoms with Crippen LogP contribution in [0.25, 0.3) is 10.9 Å². The molecule has 0 atom stereocenters. The molecule has 1 aromatic heterocycles. The minimum atomic E-state index is -0.594. The minimum absolute atomic E-state index is 0.193. The van der Waals surface area contributed by atoms with Crippen LogP contribution in [-0.4, -0.2) is 23.1 Å². The molecule has 6 heteroatoms. The summed E-state index contributed by atoms with van der Waals surface area (Å²) in [6.45, 7) is 1.87. The average Bonchev–Trinajstić information content (AvgIpc) is 3.41. The van der Waals surface area contributed by atoms with Crippen LogP contribution in [0.3, 0.4) is 0 Å². The van der Waals surface area contributed by atoms with Gasteiger partial charge in [-0.15, -0.1) is 0 Å². The molecule has 1 aliphatic rings. The van der Waals surface area contributed by atoms with Gasteiger partial charge in [0.15, 0.2) is 0 Å². The molecule has 2 aromatic carbocycles. The van der Waals surface area contributed by atoms with Crippen molar-refractivity contribution in [2.45, 2.75) is 25.3 Å². The minimum Gasteiger partial charge on any atom is -0.497 e. The van der Waals surface area contributed by atoms with E-state index < -0.39 is 11.4 Å². The van der Waals surface area contributed by atoms with Crippen LogP contribution < -0.4 is 10.1 Å². The van der Waals surface area contributed by atoms with Gasteiger partial charge in [0.05, 0.1) is 18.2 Å². The first-order valence-electron chi connectivity index (χ1n) is 8.69. The molecule has 27 heavy (non-hydrogen) atoms. The maximum Gasteiger partial charge on any atom is 0.252 e. The number of rotatable bonds is 4. The van der Waals surface area contributed by atoms with Crippen molar-refractivity contribution in [2.24, 2.45) is 0 Å². The van der Waals surface area contributed by atoms with Crippen LogP contribution in [0.2, 0.25) is 0 Å². The molecule has 0 bridgehead atoms. The summed E-state index contributed by atoms with van der Waals surface area (Å²) >= 11 is 0. The van der Waals surface area contributed by atoms with Crippen molar-refractivity contribution in [2.75, 3.05) is 7.11 Å². The lowest BCUT2D eigenvalue weighted by Crippen LogP contribution is -2.35. The summed E-state index contributed by atoms with van der Waals surface area (Å²) in [5, 5.41) is 13.8. The van der Waals surface area contributed by atoms with E-state index in [1.165, 1.54) is 12.1 Å². The van der Waals surface area contributed by atoms with Gasteiger partial charge < -0.3 is 15.2 Å². The van der Waals surface area contributed by atoms with Crippen LogP contribution in [0.1, 0.15) is 34.3 Å². The molecule has 138 valence electrons. The molecule has 3 aromatic rings. The number of amides is 1. The first-order valence-corrected chi connectivity index (χ1v) is 8.69. The molecule has 2 N–H and O–H groups in total.